The monoisotopic (exact) mass is 440 g/mol. The Morgan fingerprint density at radius 1 is 1.16 bits per heavy atom. The molecular weight excluding hydrogens is 416 g/mol. The third-order valence-electron chi connectivity index (χ3n) is 5.40. The molecule has 1 saturated heterocycles. The van der Waals surface area contributed by atoms with Crippen molar-refractivity contribution in [2.24, 2.45) is 0 Å². The summed E-state index contributed by atoms with van der Waals surface area (Å²) >= 11 is 0. The van der Waals surface area contributed by atoms with Gasteiger partial charge in [-0.25, -0.2) is 8.42 Å². The molecule has 1 atom stereocenters. The Kier molecular flexibility index (Phi) is 6.13. The molecule has 1 fully saturated rings. The minimum absolute atomic E-state index is 0.0170. The first-order chi connectivity index (χ1) is 14.9. The molecule has 3 heterocycles. The number of sulfone groups is 1. The van der Waals surface area contributed by atoms with Crippen molar-refractivity contribution in [3.63, 3.8) is 0 Å². The lowest BCUT2D eigenvalue weighted by molar-refractivity contribution is -0.130. The number of carbonyl (C=O) groups is 1. The molecule has 1 amide bonds. The van der Waals surface area contributed by atoms with Crippen molar-refractivity contribution in [3.8, 4) is 11.5 Å². The normalized spacial score (nSPS) is 16.5. The molecule has 1 unspecified atom stereocenters. The number of amides is 1. The van der Waals surface area contributed by atoms with E-state index in [4.69, 9.17) is 4.42 Å². The van der Waals surface area contributed by atoms with Gasteiger partial charge in [0.2, 0.25) is 17.7 Å². The zero-order valence-electron chi connectivity index (χ0n) is 17.3. The predicted octanol–water partition coefficient (Wildman–Crippen LogP) is 3.01. The van der Waals surface area contributed by atoms with Gasteiger partial charge in [-0.15, -0.1) is 10.2 Å². The Bertz CT molecular complexity index is 1140. The number of benzene rings is 1. The van der Waals surface area contributed by atoms with E-state index in [0.717, 1.165) is 17.7 Å². The van der Waals surface area contributed by atoms with Crippen molar-refractivity contribution in [1.82, 2.24) is 20.1 Å². The molecule has 0 saturated carbocycles. The van der Waals surface area contributed by atoms with Crippen molar-refractivity contribution >= 4 is 15.7 Å². The fourth-order valence-corrected chi connectivity index (χ4v) is 4.95. The lowest BCUT2D eigenvalue weighted by atomic mass is 10.1. The van der Waals surface area contributed by atoms with Gasteiger partial charge in [0.15, 0.2) is 9.84 Å². The predicted molar refractivity (Wildman–Crippen MR) is 114 cm³/mol. The molecule has 9 heteroatoms. The Morgan fingerprint density at radius 2 is 1.97 bits per heavy atom. The van der Waals surface area contributed by atoms with E-state index >= 15 is 0 Å². The first-order valence-electron chi connectivity index (χ1n) is 10.2. The number of carbonyl (C=O) groups excluding carboxylic acids is 1. The number of nitrogens with zero attached hydrogens (tertiary/aromatic N) is 4. The molecule has 0 radical (unpaired) electrons. The average Bonchev–Trinajstić information content (AvgIpc) is 3.45. The molecule has 2 aromatic heterocycles. The quantitative estimate of drug-likeness (QED) is 0.556. The number of rotatable bonds is 7. The number of aromatic nitrogens is 3. The van der Waals surface area contributed by atoms with Crippen molar-refractivity contribution in [2.45, 2.75) is 37.0 Å². The first-order valence-corrected chi connectivity index (χ1v) is 11.9. The SMILES string of the molecule is Cc1ccc(-c2nnc(C3CCN(C(=O)CCCS(=O)(=O)c4ccccc4)C3)o2)cn1. The summed E-state index contributed by atoms with van der Waals surface area (Å²) in [5.74, 6) is 0.818. The van der Waals surface area contributed by atoms with Gasteiger partial charge in [0.25, 0.3) is 0 Å². The second-order valence-electron chi connectivity index (χ2n) is 7.69. The molecule has 1 aromatic carbocycles. The summed E-state index contributed by atoms with van der Waals surface area (Å²) in [6, 6.07) is 12.1. The van der Waals surface area contributed by atoms with E-state index in [0.29, 0.717) is 36.2 Å². The molecule has 0 aliphatic carbocycles. The number of likely N-dealkylation sites (tertiary alicyclic amines) is 1. The fourth-order valence-electron chi connectivity index (χ4n) is 3.62. The molecule has 8 nitrogen and oxygen atoms in total. The third kappa shape index (κ3) is 4.99. The van der Waals surface area contributed by atoms with Gasteiger partial charge >= 0.3 is 0 Å². The third-order valence-corrected chi connectivity index (χ3v) is 7.21. The summed E-state index contributed by atoms with van der Waals surface area (Å²) in [5, 5.41) is 8.27. The van der Waals surface area contributed by atoms with Gasteiger partial charge in [0, 0.05) is 31.4 Å². The minimum Gasteiger partial charge on any atom is -0.420 e. The Balaban J connectivity index is 1.30. The molecule has 0 bridgehead atoms. The molecule has 0 spiro atoms. The van der Waals surface area contributed by atoms with E-state index in [-0.39, 0.29) is 24.0 Å². The van der Waals surface area contributed by atoms with Crippen molar-refractivity contribution in [2.75, 3.05) is 18.8 Å². The minimum atomic E-state index is -3.37. The van der Waals surface area contributed by atoms with Crippen LogP contribution < -0.4 is 0 Å². The van der Waals surface area contributed by atoms with E-state index < -0.39 is 9.84 Å². The average molecular weight is 441 g/mol. The topological polar surface area (TPSA) is 106 Å². The van der Waals surface area contributed by atoms with Crippen LogP contribution in [0.5, 0.6) is 0 Å². The first kappa shape index (κ1) is 21.2. The number of hydrogen-bond donors (Lipinski definition) is 0. The molecular formula is C22H24N4O4S. The van der Waals surface area contributed by atoms with E-state index in [1.165, 1.54) is 0 Å². The maximum absolute atomic E-state index is 12.6. The highest BCUT2D eigenvalue weighted by Crippen LogP contribution is 2.29. The highest BCUT2D eigenvalue weighted by molar-refractivity contribution is 7.91. The van der Waals surface area contributed by atoms with E-state index in [9.17, 15) is 13.2 Å². The molecule has 1 aliphatic heterocycles. The second-order valence-corrected chi connectivity index (χ2v) is 9.80. The van der Waals surface area contributed by atoms with Gasteiger partial charge in [0.1, 0.15) is 0 Å². The molecule has 3 aromatic rings. The summed E-state index contributed by atoms with van der Waals surface area (Å²) in [7, 11) is -3.37. The number of pyridine rings is 1. The Morgan fingerprint density at radius 3 is 2.71 bits per heavy atom. The van der Waals surface area contributed by atoms with Crippen molar-refractivity contribution in [3.05, 3.63) is 60.2 Å². The van der Waals surface area contributed by atoms with Crippen LogP contribution >= 0.6 is 0 Å². The Labute approximate surface area is 181 Å². The van der Waals surface area contributed by atoms with E-state index in [2.05, 4.69) is 15.2 Å². The Hall–Kier alpha value is -3.07. The van der Waals surface area contributed by atoms with Gasteiger partial charge in [-0.05, 0) is 44.0 Å². The molecule has 162 valence electrons. The largest absolute Gasteiger partial charge is 0.420 e. The van der Waals surface area contributed by atoms with Crippen LogP contribution in [0.2, 0.25) is 0 Å². The molecule has 0 N–H and O–H groups in total. The second kappa shape index (κ2) is 8.97. The molecule has 4 rings (SSSR count). The van der Waals surface area contributed by atoms with Crippen LogP contribution in [0.15, 0.2) is 58.0 Å². The lowest BCUT2D eigenvalue weighted by Gasteiger charge is -2.15. The number of aryl methyl sites for hydroxylation is 1. The van der Waals surface area contributed by atoms with E-state index in [1.807, 2.05) is 19.1 Å². The van der Waals surface area contributed by atoms with Crippen LogP contribution in [-0.2, 0) is 14.6 Å². The van der Waals surface area contributed by atoms with Crippen LogP contribution in [0.3, 0.4) is 0 Å². The summed E-state index contributed by atoms with van der Waals surface area (Å²) in [6.07, 6.45) is 2.92. The van der Waals surface area contributed by atoms with Crippen LogP contribution in [0.4, 0.5) is 0 Å². The highest BCUT2D eigenvalue weighted by Gasteiger charge is 2.31. The van der Waals surface area contributed by atoms with Gasteiger partial charge in [0.05, 0.1) is 22.1 Å². The molecule has 31 heavy (non-hydrogen) atoms. The van der Waals surface area contributed by atoms with Gasteiger partial charge in [-0.3, -0.25) is 9.78 Å². The van der Waals surface area contributed by atoms with Crippen LogP contribution in [0.1, 0.15) is 36.8 Å². The van der Waals surface area contributed by atoms with Crippen LogP contribution in [0, 0.1) is 6.92 Å². The van der Waals surface area contributed by atoms with Gasteiger partial charge in [-0.1, -0.05) is 18.2 Å². The van der Waals surface area contributed by atoms with Crippen LogP contribution in [0.25, 0.3) is 11.5 Å². The number of hydrogen-bond acceptors (Lipinski definition) is 7. The van der Waals surface area contributed by atoms with Gasteiger partial charge < -0.3 is 9.32 Å². The summed E-state index contributed by atoms with van der Waals surface area (Å²) in [4.78, 5) is 18.8. The summed E-state index contributed by atoms with van der Waals surface area (Å²) in [5.41, 5.74) is 1.67. The van der Waals surface area contributed by atoms with E-state index in [1.54, 1.807) is 41.4 Å². The highest BCUT2D eigenvalue weighted by atomic mass is 32.2. The summed E-state index contributed by atoms with van der Waals surface area (Å²) in [6.45, 7) is 3.00. The zero-order chi connectivity index (χ0) is 21.8. The fraction of sp³-hybridized carbons (Fsp3) is 0.364. The summed E-state index contributed by atoms with van der Waals surface area (Å²) < 4.78 is 30.5. The van der Waals surface area contributed by atoms with Crippen molar-refractivity contribution < 1.29 is 17.6 Å². The maximum Gasteiger partial charge on any atom is 0.249 e. The lowest BCUT2D eigenvalue weighted by Crippen LogP contribution is -2.28. The molecule has 1 aliphatic rings. The van der Waals surface area contributed by atoms with Crippen molar-refractivity contribution in [1.29, 1.82) is 0 Å². The van der Waals surface area contributed by atoms with Gasteiger partial charge in [-0.2, -0.15) is 0 Å². The smallest absolute Gasteiger partial charge is 0.249 e. The maximum atomic E-state index is 12.6. The van der Waals surface area contributed by atoms with Crippen LogP contribution in [-0.4, -0.2) is 53.2 Å². The standard InChI is InChI=1S/C22H24N4O4S/c1-16-9-10-17(14-23-16)21-24-25-22(30-21)18-11-12-26(15-18)20(27)8-5-13-31(28,29)19-6-3-2-4-7-19/h2-4,6-7,9-10,14,18H,5,8,11-13,15H2,1H3. The zero-order valence-corrected chi connectivity index (χ0v) is 18.1.